The monoisotopic (exact) mass is 328 g/mol. The Morgan fingerprint density at radius 3 is 2.71 bits per heavy atom. The highest BCUT2D eigenvalue weighted by molar-refractivity contribution is 7.15. The molecule has 2 rings (SSSR count). The molecule has 0 aliphatic heterocycles. The Balaban J connectivity index is 2.24. The van der Waals surface area contributed by atoms with Crippen LogP contribution in [0.2, 0.25) is 4.47 Å². The van der Waals surface area contributed by atoms with E-state index < -0.39 is 11.7 Å². The van der Waals surface area contributed by atoms with Crippen LogP contribution >= 0.6 is 22.9 Å². The second-order valence-electron chi connectivity index (χ2n) is 5.49. The van der Waals surface area contributed by atoms with E-state index >= 15 is 0 Å². The number of halogens is 1. The number of nitrogens with zero attached hydrogens (tertiary/aromatic N) is 4. The van der Waals surface area contributed by atoms with E-state index in [4.69, 9.17) is 16.3 Å². The number of hydrogen-bond acceptors (Lipinski definition) is 5. The number of amides is 1. The van der Waals surface area contributed by atoms with Gasteiger partial charge in [0.2, 0.25) is 0 Å². The molecule has 0 spiro atoms. The van der Waals surface area contributed by atoms with Gasteiger partial charge in [0.05, 0.1) is 6.54 Å². The Morgan fingerprint density at radius 2 is 2.24 bits per heavy atom. The zero-order valence-corrected chi connectivity index (χ0v) is 13.9. The number of thiazole rings is 1. The molecule has 114 valence electrons. The molecule has 0 aliphatic rings. The number of hydrogen-bond donors (Lipinski definition) is 0. The van der Waals surface area contributed by atoms with Crippen molar-refractivity contribution in [3.63, 3.8) is 0 Å². The van der Waals surface area contributed by atoms with Crippen LogP contribution in [0.25, 0.3) is 0 Å². The smallest absolute Gasteiger partial charge is 0.416 e. The van der Waals surface area contributed by atoms with Crippen LogP contribution in [0.3, 0.4) is 0 Å². The summed E-state index contributed by atoms with van der Waals surface area (Å²) in [6.45, 7) is 5.79. The van der Waals surface area contributed by atoms with Gasteiger partial charge in [0.15, 0.2) is 10.3 Å². The fourth-order valence-corrected chi connectivity index (χ4v) is 2.58. The fraction of sp³-hybridized carbons (Fsp3) is 0.462. The van der Waals surface area contributed by atoms with Crippen molar-refractivity contribution in [3.8, 4) is 0 Å². The summed E-state index contributed by atoms with van der Waals surface area (Å²) in [4.78, 5) is 18.7. The van der Waals surface area contributed by atoms with Gasteiger partial charge in [-0.05, 0) is 20.8 Å². The summed E-state index contributed by atoms with van der Waals surface area (Å²) in [5.74, 6) is 0.524. The van der Waals surface area contributed by atoms with Crippen molar-refractivity contribution in [2.75, 3.05) is 4.90 Å². The van der Waals surface area contributed by atoms with Crippen LogP contribution in [0.15, 0.2) is 18.5 Å². The van der Waals surface area contributed by atoms with Crippen molar-refractivity contribution in [2.45, 2.75) is 32.9 Å². The van der Waals surface area contributed by atoms with Crippen LogP contribution in [0.5, 0.6) is 0 Å². The maximum atomic E-state index is 12.4. The SMILES string of the molecule is Cn1ccc(N(Cc2cnc(Cl)s2)C(=O)OC(C)(C)C)n1. The standard InChI is InChI=1S/C13H17ClN4O2S/c1-13(2,3)20-12(19)18(10-5-6-17(4)16-10)8-9-7-15-11(14)21-9/h5-7H,8H2,1-4H3. The Morgan fingerprint density at radius 1 is 1.52 bits per heavy atom. The summed E-state index contributed by atoms with van der Waals surface area (Å²) in [5.41, 5.74) is -0.574. The van der Waals surface area contributed by atoms with Crippen molar-refractivity contribution in [2.24, 2.45) is 7.05 Å². The molecule has 0 unspecified atom stereocenters. The van der Waals surface area contributed by atoms with E-state index in [2.05, 4.69) is 10.1 Å². The van der Waals surface area contributed by atoms with Crippen molar-refractivity contribution in [3.05, 3.63) is 27.8 Å². The molecular weight excluding hydrogens is 312 g/mol. The lowest BCUT2D eigenvalue weighted by atomic mass is 10.2. The van der Waals surface area contributed by atoms with Gasteiger partial charge in [-0.1, -0.05) is 11.6 Å². The summed E-state index contributed by atoms with van der Waals surface area (Å²) in [6.07, 6.45) is 2.96. The number of anilines is 1. The van der Waals surface area contributed by atoms with E-state index in [1.165, 1.54) is 16.2 Å². The third-order valence-electron chi connectivity index (χ3n) is 2.43. The maximum absolute atomic E-state index is 12.4. The number of aryl methyl sites for hydroxylation is 1. The van der Waals surface area contributed by atoms with Crippen LogP contribution in [0.1, 0.15) is 25.6 Å². The van der Waals surface area contributed by atoms with Crippen LogP contribution in [-0.2, 0) is 18.3 Å². The van der Waals surface area contributed by atoms with Crippen molar-refractivity contribution in [1.82, 2.24) is 14.8 Å². The molecule has 2 aromatic rings. The first-order chi connectivity index (χ1) is 9.74. The first-order valence-electron chi connectivity index (χ1n) is 6.35. The van der Waals surface area contributed by atoms with Gasteiger partial charge in [-0.15, -0.1) is 11.3 Å². The Hall–Kier alpha value is -1.60. The molecular formula is C13H17ClN4O2S. The van der Waals surface area contributed by atoms with Crippen LogP contribution in [0, 0.1) is 0 Å². The van der Waals surface area contributed by atoms with E-state index in [0.717, 1.165) is 4.88 Å². The molecule has 0 aliphatic carbocycles. The summed E-state index contributed by atoms with van der Waals surface area (Å²) in [5, 5.41) is 4.26. The average molecular weight is 329 g/mol. The molecule has 0 atom stereocenters. The van der Waals surface area contributed by atoms with Gasteiger partial charge in [-0.2, -0.15) is 5.10 Å². The number of carbonyl (C=O) groups is 1. The van der Waals surface area contributed by atoms with Gasteiger partial charge in [-0.3, -0.25) is 9.58 Å². The zero-order valence-electron chi connectivity index (χ0n) is 12.3. The normalized spacial score (nSPS) is 11.5. The van der Waals surface area contributed by atoms with Gasteiger partial charge in [0.1, 0.15) is 5.60 Å². The van der Waals surface area contributed by atoms with Crippen molar-refractivity contribution >= 4 is 34.8 Å². The minimum Gasteiger partial charge on any atom is -0.443 e. The molecule has 8 heteroatoms. The molecule has 0 aromatic carbocycles. The highest BCUT2D eigenvalue weighted by atomic mass is 35.5. The van der Waals surface area contributed by atoms with E-state index in [0.29, 0.717) is 16.8 Å². The lowest BCUT2D eigenvalue weighted by Crippen LogP contribution is -2.36. The third kappa shape index (κ3) is 4.44. The van der Waals surface area contributed by atoms with E-state index in [1.54, 1.807) is 30.2 Å². The second-order valence-corrected chi connectivity index (χ2v) is 7.19. The van der Waals surface area contributed by atoms with Gasteiger partial charge in [0.25, 0.3) is 0 Å². The van der Waals surface area contributed by atoms with Crippen molar-refractivity contribution < 1.29 is 9.53 Å². The van der Waals surface area contributed by atoms with Crippen LogP contribution < -0.4 is 4.90 Å². The lowest BCUT2D eigenvalue weighted by molar-refractivity contribution is 0.0576. The van der Waals surface area contributed by atoms with Gasteiger partial charge >= 0.3 is 6.09 Å². The summed E-state index contributed by atoms with van der Waals surface area (Å²) in [7, 11) is 1.79. The first kappa shape index (κ1) is 15.8. The summed E-state index contributed by atoms with van der Waals surface area (Å²) < 4.78 is 7.50. The number of carbonyl (C=O) groups excluding carboxylic acids is 1. The van der Waals surface area contributed by atoms with E-state index in [-0.39, 0.29) is 0 Å². The van der Waals surface area contributed by atoms with Crippen LogP contribution in [-0.4, -0.2) is 26.5 Å². The fourth-order valence-electron chi connectivity index (χ4n) is 1.62. The highest BCUT2D eigenvalue weighted by Crippen LogP contribution is 2.23. The molecule has 1 amide bonds. The van der Waals surface area contributed by atoms with Crippen molar-refractivity contribution in [1.29, 1.82) is 0 Å². The minimum atomic E-state index is -0.574. The van der Waals surface area contributed by atoms with E-state index in [1.807, 2.05) is 20.8 Å². The molecule has 21 heavy (non-hydrogen) atoms. The molecule has 0 saturated heterocycles. The molecule has 0 saturated carbocycles. The largest absolute Gasteiger partial charge is 0.443 e. The molecule has 2 heterocycles. The number of rotatable bonds is 3. The average Bonchev–Trinajstić information content (AvgIpc) is 2.92. The lowest BCUT2D eigenvalue weighted by Gasteiger charge is -2.25. The Labute approximate surface area is 132 Å². The van der Waals surface area contributed by atoms with Gasteiger partial charge in [-0.25, -0.2) is 9.78 Å². The third-order valence-corrected chi connectivity index (χ3v) is 3.53. The molecule has 0 bridgehead atoms. The number of aromatic nitrogens is 3. The number of ether oxygens (including phenoxy) is 1. The second kappa shape index (κ2) is 6.03. The van der Waals surface area contributed by atoms with E-state index in [9.17, 15) is 4.79 Å². The predicted octanol–water partition coefficient (Wildman–Crippen LogP) is 3.47. The molecule has 6 nitrogen and oxygen atoms in total. The molecule has 2 aromatic heterocycles. The maximum Gasteiger partial charge on any atom is 0.416 e. The summed E-state index contributed by atoms with van der Waals surface area (Å²) >= 11 is 7.16. The topological polar surface area (TPSA) is 60.2 Å². The first-order valence-corrected chi connectivity index (χ1v) is 7.54. The van der Waals surface area contributed by atoms with Gasteiger partial charge in [0, 0.05) is 30.4 Å². The highest BCUT2D eigenvalue weighted by Gasteiger charge is 2.25. The summed E-state index contributed by atoms with van der Waals surface area (Å²) in [6, 6.07) is 1.76. The van der Waals surface area contributed by atoms with Gasteiger partial charge < -0.3 is 4.74 Å². The van der Waals surface area contributed by atoms with Crippen LogP contribution in [0.4, 0.5) is 10.6 Å². The quantitative estimate of drug-likeness (QED) is 0.865. The molecule has 0 fully saturated rings. The Kier molecular flexibility index (Phi) is 4.53. The minimum absolute atomic E-state index is 0.316. The molecule has 0 radical (unpaired) electrons. The molecule has 0 N–H and O–H groups in total. The Bertz CT molecular complexity index is 632. The predicted molar refractivity (Wildman–Crippen MR) is 82.7 cm³/mol. The zero-order chi connectivity index (χ0) is 15.6.